The first-order valence-corrected chi connectivity index (χ1v) is 4.90. The van der Waals surface area contributed by atoms with E-state index >= 15 is 0 Å². The van der Waals surface area contributed by atoms with Crippen molar-refractivity contribution in [2.45, 2.75) is 6.92 Å². The van der Waals surface area contributed by atoms with Crippen LogP contribution in [0, 0.1) is 0 Å². The summed E-state index contributed by atoms with van der Waals surface area (Å²) in [6, 6.07) is 5.23. The third-order valence-electron chi connectivity index (χ3n) is 1.69. The van der Waals surface area contributed by atoms with Crippen molar-refractivity contribution in [3.63, 3.8) is 0 Å². The predicted molar refractivity (Wildman–Crippen MR) is 63.0 cm³/mol. The van der Waals surface area contributed by atoms with Crippen LogP contribution in [0.2, 0.25) is 10.0 Å². The highest BCUT2D eigenvalue weighted by Gasteiger charge is 2.02. The van der Waals surface area contributed by atoms with Crippen molar-refractivity contribution in [2.75, 3.05) is 0 Å². The molecule has 0 saturated heterocycles. The maximum absolute atomic E-state index is 5.86. The topological polar surface area (TPSA) is 78.4 Å². The molecule has 0 unspecified atom stereocenters. The van der Waals surface area contributed by atoms with Crippen molar-refractivity contribution in [2.24, 2.45) is 16.6 Å². The molecular weight excluding hydrogens is 235 g/mol. The first-order valence-electron chi connectivity index (χ1n) is 4.14. The highest BCUT2D eigenvalue weighted by molar-refractivity contribution is 6.42. The zero-order valence-electron chi connectivity index (χ0n) is 8.09. The number of rotatable bonds is 2. The van der Waals surface area contributed by atoms with Gasteiger partial charge in [-0.3, -0.25) is 11.5 Å². The second-order valence-corrected chi connectivity index (χ2v) is 3.71. The fourth-order valence-electron chi connectivity index (χ4n) is 0.934. The van der Waals surface area contributed by atoms with Gasteiger partial charge in [-0.05, 0) is 19.1 Å². The number of halogens is 2. The van der Waals surface area contributed by atoms with Gasteiger partial charge < -0.3 is 0 Å². The minimum Gasteiger partial charge on any atom is -0.289 e. The molecule has 0 aromatic heterocycles. The highest BCUT2D eigenvalue weighted by Crippen LogP contribution is 2.22. The Kier molecular flexibility index (Phi) is 3.94. The molecule has 0 bridgehead atoms. The van der Waals surface area contributed by atoms with Gasteiger partial charge in [-0.25, -0.2) is 0 Å². The van der Waals surface area contributed by atoms with Crippen LogP contribution in [0.25, 0.3) is 0 Å². The normalized spacial score (nSPS) is 11.3. The molecule has 1 rings (SSSR count). The first-order chi connectivity index (χ1) is 7.00. The third kappa shape index (κ3) is 3.42. The van der Waals surface area contributed by atoms with Gasteiger partial charge in [0.2, 0.25) is 0 Å². The van der Waals surface area contributed by atoms with Gasteiger partial charge in [0.1, 0.15) is 0 Å². The van der Waals surface area contributed by atoms with Crippen molar-refractivity contribution in [1.29, 1.82) is 0 Å². The lowest BCUT2D eigenvalue weighted by atomic mass is 10.1. The summed E-state index contributed by atoms with van der Waals surface area (Å²) in [6.45, 7) is 1.80. The minimum atomic E-state index is 0.0365. The summed E-state index contributed by atoms with van der Waals surface area (Å²) >= 11 is 11.6. The summed E-state index contributed by atoms with van der Waals surface area (Å²) in [4.78, 5) is 0. The lowest BCUT2D eigenvalue weighted by Gasteiger charge is -2.00. The van der Waals surface area contributed by atoms with Crippen LogP contribution in [0.15, 0.2) is 23.3 Å². The number of hydrogen-bond donors (Lipinski definition) is 3. The highest BCUT2D eigenvalue weighted by atomic mass is 35.5. The average Bonchev–Trinajstić information content (AvgIpc) is 2.18. The van der Waals surface area contributed by atoms with Crippen molar-refractivity contribution in [3.8, 4) is 0 Å². The predicted octanol–water partition coefficient (Wildman–Crippen LogP) is 0.0714. The second kappa shape index (κ2) is 5.00. The minimum absolute atomic E-state index is 0.0365. The number of hydrazone groups is 1. The van der Waals surface area contributed by atoms with E-state index in [1.54, 1.807) is 25.1 Å². The molecule has 80 valence electrons. The molecule has 0 spiro atoms. The van der Waals surface area contributed by atoms with E-state index in [0.717, 1.165) is 5.56 Å². The van der Waals surface area contributed by atoms with Crippen molar-refractivity contribution < 1.29 is 5.10 Å². The fraction of sp³-hybridized carbons (Fsp3) is 0.111. The summed E-state index contributed by atoms with van der Waals surface area (Å²) < 4.78 is 0. The van der Waals surface area contributed by atoms with Crippen LogP contribution < -0.4 is 16.6 Å². The standard InChI is InChI=1S/C9H10Cl2N4/c1-5(14-15-9(12)13)6-2-3-7(10)8(11)4-6/h2-4H,1H3,(H4,12,13,15)/p+1/b14-5-. The van der Waals surface area contributed by atoms with Gasteiger partial charge in [-0.2, -0.15) is 5.10 Å². The van der Waals surface area contributed by atoms with Gasteiger partial charge >= 0.3 is 5.96 Å². The second-order valence-electron chi connectivity index (χ2n) is 2.89. The number of benzene rings is 1. The lowest BCUT2D eigenvalue weighted by molar-refractivity contribution is -0.464. The lowest BCUT2D eigenvalue weighted by Crippen LogP contribution is -2.72. The zero-order valence-corrected chi connectivity index (χ0v) is 9.60. The van der Waals surface area contributed by atoms with Crippen LogP contribution in [0.1, 0.15) is 12.5 Å². The van der Waals surface area contributed by atoms with Crippen LogP contribution >= 0.6 is 23.2 Å². The van der Waals surface area contributed by atoms with Gasteiger partial charge in [-0.1, -0.05) is 29.3 Å². The average molecular weight is 246 g/mol. The molecule has 0 aliphatic carbocycles. The van der Waals surface area contributed by atoms with Gasteiger partial charge in [0.25, 0.3) is 0 Å². The van der Waals surface area contributed by atoms with Crippen LogP contribution in [-0.2, 0) is 0 Å². The SMILES string of the molecule is C/C(=N/[NH+]=C(N)N)c1ccc(Cl)c(Cl)c1. The van der Waals surface area contributed by atoms with Gasteiger partial charge in [-0.15, -0.1) is 5.10 Å². The van der Waals surface area contributed by atoms with E-state index in [1.807, 2.05) is 0 Å². The van der Waals surface area contributed by atoms with Crippen LogP contribution in [0.3, 0.4) is 0 Å². The molecule has 0 aliphatic heterocycles. The van der Waals surface area contributed by atoms with Crippen molar-refractivity contribution in [1.82, 2.24) is 0 Å². The molecule has 0 aliphatic rings. The Morgan fingerprint density at radius 1 is 1.27 bits per heavy atom. The Balaban J connectivity index is 3.02. The smallest absolute Gasteiger partial charge is 0.289 e. The number of hydrogen-bond acceptors (Lipinski definition) is 1. The maximum Gasteiger partial charge on any atom is 0.362 e. The van der Waals surface area contributed by atoms with E-state index < -0.39 is 0 Å². The van der Waals surface area contributed by atoms with Crippen LogP contribution in [-0.4, -0.2) is 11.7 Å². The van der Waals surface area contributed by atoms with E-state index in [0.29, 0.717) is 15.8 Å². The molecule has 6 heteroatoms. The summed E-state index contributed by atoms with van der Waals surface area (Å²) in [5.74, 6) is 0.0365. The number of nitrogens with one attached hydrogen (secondary N) is 1. The Morgan fingerprint density at radius 2 is 1.93 bits per heavy atom. The molecule has 0 amide bonds. The van der Waals surface area contributed by atoms with E-state index in [-0.39, 0.29) is 5.96 Å². The summed E-state index contributed by atoms with van der Waals surface area (Å²) in [6.07, 6.45) is 0. The molecule has 15 heavy (non-hydrogen) atoms. The maximum atomic E-state index is 5.86. The quantitative estimate of drug-likeness (QED) is 0.392. The molecule has 0 fully saturated rings. The molecule has 4 nitrogen and oxygen atoms in total. The van der Waals surface area contributed by atoms with Crippen molar-refractivity contribution in [3.05, 3.63) is 33.8 Å². The van der Waals surface area contributed by atoms with E-state index in [4.69, 9.17) is 34.7 Å². The zero-order chi connectivity index (χ0) is 11.4. The molecule has 0 saturated carbocycles. The summed E-state index contributed by atoms with van der Waals surface area (Å²) in [5.41, 5.74) is 12.0. The van der Waals surface area contributed by atoms with Gasteiger partial charge in [0, 0.05) is 5.56 Å². The Morgan fingerprint density at radius 3 is 2.47 bits per heavy atom. The number of guanidine groups is 1. The fourth-order valence-corrected chi connectivity index (χ4v) is 1.23. The molecule has 1 aromatic carbocycles. The van der Waals surface area contributed by atoms with E-state index in [9.17, 15) is 0 Å². The number of nitrogens with two attached hydrogens (primary N) is 2. The Hall–Kier alpha value is -1.26. The van der Waals surface area contributed by atoms with Gasteiger partial charge in [0.05, 0.1) is 15.8 Å². The number of nitrogens with zero attached hydrogens (tertiary/aromatic N) is 1. The van der Waals surface area contributed by atoms with Crippen molar-refractivity contribution >= 4 is 34.9 Å². The van der Waals surface area contributed by atoms with Crippen LogP contribution in [0.5, 0.6) is 0 Å². The molecule has 0 radical (unpaired) electrons. The molecule has 5 N–H and O–H groups in total. The largest absolute Gasteiger partial charge is 0.362 e. The van der Waals surface area contributed by atoms with E-state index in [1.165, 1.54) is 0 Å². The Bertz CT molecular complexity index is 422. The monoisotopic (exact) mass is 245 g/mol. The summed E-state index contributed by atoms with van der Waals surface area (Å²) in [5, 5.41) is 7.39. The van der Waals surface area contributed by atoms with E-state index in [2.05, 4.69) is 10.2 Å². The Labute approximate surface area is 97.6 Å². The van der Waals surface area contributed by atoms with Crippen LogP contribution in [0.4, 0.5) is 0 Å². The molecule has 0 atom stereocenters. The molecule has 0 heterocycles. The molecule has 1 aromatic rings. The molecular formula is C9H11Cl2N4+. The first kappa shape index (κ1) is 11.8. The van der Waals surface area contributed by atoms with Gasteiger partial charge in [0.15, 0.2) is 0 Å². The third-order valence-corrected chi connectivity index (χ3v) is 2.43. The summed E-state index contributed by atoms with van der Waals surface area (Å²) in [7, 11) is 0.